The lowest BCUT2D eigenvalue weighted by atomic mass is 9.80. The fourth-order valence-electron chi connectivity index (χ4n) is 2.13. The molecule has 0 unspecified atom stereocenters. The fraction of sp³-hybridized carbons (Fsp3) is 0.235. The van der Waals surface area contributed by atoms with Crippen molar-refractivity contribution in [3.8, 4) is 0 Å². The number of aliphatic hydroxyl groups is 1. The van der Waals surface area contributed by atoms with Gasteiger partial charge in [0.2, 0.25) is 0 Å². The minimum atomic E-state index is -1.17. The molecule has 0 spiro atoms. The largest absolute Gasteiger partial charge is 0.385 e. The van der Waals surface area contributed by atoms with Crippen LogP contribution in [0.5, 0.6) is 0 Å². The number of hydrogen-bond donors (Lipinski definition) is 1. The Bertz CT molecular complexity index is 544. The zero-order valence-electron chi connectivity index (χ0n) is 11.2. The van der Waals surface area contributed by atoms with Crippen molar-refractivity contribution in [1.29, 1.82) is 0 Å². The molecule has 2 heteroatoms. The second kappa shape index (κ2) is 5.37. The highest BCUT2D eigenvalue weighted by Gasteiger charge is 2.35. The van der Waals surface area contributed by atoms with E-state index < -0.39 is 11.5 Å². The van der Waals surface area contributed by atoms with Crippen molar-refractivity contribution in [2.45, 2.75) is 19.4 Å². The third kappa shape index (κ3) is 2.74. The first-order chi connectivity index (χ1) is 9.03. The van der Waals surface area contributed by atoms with Crippen LogP contribution in [0.15, 0.2) is 60.7 Å². The average Bonchev–Trinajstić information content (AvgIpc) is 2.47. The molecule has 0 bridgehead atoms. The van der Waals surface area contributed by atoms with Gasteiger partial charge in [-0.15, -0.1) is 0 Å². The summed E-state index contributed by atoms with van der Waals surface area (Å²) in [4.78, 5) is 12.4. The van der Waals surface area contributed by atoms with Gasteiger partial charge in [0.1, 0.15) is 0 Å². The molecule has 0 aliphatic heterocycles. The normalized spacial score (nSPS) is 15.5. The first-order valence-corrected chi connectivity index (χ1v) is 6.40. The Morgan fingerprint density at radius 2 is 1.47 bits per heavy atom. The minimum Gasteiger partial charge on any atom is -0.385 e. The molecule has 0 aliphatic carbocycles. The van der Waals surface area contributed by atoms with Gasteiger partial charge in [-0.25, -0.2) is 0 Å². The van der Waals surface area contributed by atoms with Crippen molar-refractivity contribution in [2.75, 3.05) is 0 Å². The van der Waals surface area contributed by atoms with Gasteiger partial charge >= 0.3 is 0 Å². The number of ketones is 1. The van der Waals surface area contributed by atoms with Gasteiger partial charge in [-0.2, -0.15) is 0 Å². The lowest BCUT2D eigenvalue weighted by Crippen LogP contribution is -2.35. The van der Waals surface area contributed by atoms with Crippen molar-refractivity contribution < 1.29 is 9.90 Å². The third-order valence-corrected chi connectivity index (χ3v) is 3.65. The molecule has 0 saturated carbocycles. The molecule has 0 amide bonds. The van der Waals surface area contributed by atoms with E-state index in [1.807, 2.05) is 48.5 Å². The summed E-state index contributed by atoms with van der Waals surface area (Å²) in [6.45, 7) is 3.45. The quantitative estimate of drug-likeness (QED) is 0.849. The van der Waals surface area contributed by atoms with Gasteiger partial charge in [-0.05, 0) is 12.5 Å². The van der Waals surface area contributed by atoms with E-state index in [4.69, 9.17) is 0 Å². The lowest BCUT2D eigenvalue weighted by Gasteiger charge is -2.30. The third-order valence-electron chi connectivity index (χ3n) is 3.65. The molecule has 2 rings (SSSR count). The van der Waals surface area contributed by atoms with Crippen molar-refractivity contribution in [3.63, 3.8) is 0 Å². The minimum absolute atomic E-state index is 0.0468. The van der Waals surface area contributed by atoms with Crippen molar-refractivity contribution in [2.24, 2.45) is 5.92 Å². The highest BCUT2D eigenvalue weighted by atomic mass is 16.3. The van der Waals surface area contributed by atoms with E-state index in [-0.39, 0.29) is 5.78 Å². The van der Waals surface area contributed by atoms with Gasteiger partial charge in [0, 0.05) is 5.56 Å². The van der Waals surface area contributed by atoms with Crippen molar-refractivity contribution in [1.82, 2.24) is 0 Å². The van der Waals surface area contributed by atoms with Gasteiger partial charge in [-0.1, -0.05) is 67.6 Å². The van der Waals surface area contributed by atoms with Crippen LogP contribution in [-0.4, -0.2) is 10.9 Å². The summed E-state index contributed by atoms with van der Waals surface area (Å²) in [5, 5.41) is 10.7. The number of hydrogen-bond acceptors (Lipinski definition) is 2. The van der Waals surface area contributed by atoms with Crippen LogP contribution < -0.4 is 0 Å². The smallest absolute Gasteiger partial charge is 0.168 e. The summed E-state index contributed by atoms with van der Waals surface area (Å²) >= 11 is 0. The monoisotopic (exact) mass is 254 g/mol. The summed E-state index contributed by atoms with van der Waals surface area (Å²) in [7, 11) is 0. The molecule has 0 aliphatic rings. The van der Waals surface area contributed by atoms with Crippen LogP contribution in [0.3, 0.4) is 0 Å². The van der Waals surface area contributed by atoms with Gasteiger partial charge in [0.05, 0.1) is 11.5 Å². The Hall–Kier alpha value is -1.93. The number of rotatable bonds is 4. The van der Waals surface area contributed by atoms with Crippen molar-refractivity contribution in [3.05, 3.63) is 71.8 Å². The summed E-state index contributed by atoms with van der Waals surface area (Å²) in [5.41, 5.74) is 0.215. The molecule has 19 heavy (non-hydrogen) atoms. The van der Waals surface area contributed by atoms with Crippen molar-refractivity contribution >= 4 is 5.78 Å². The maximum atomic E-state index is 12.4. The molecule has 0 aromatic heterocycles. The first-order valence-electron chi connectivity index (χ1n) is 6.40. The topological polar surface area (TPSA) is 37.3 Å². The predicted molar refractivity (Wildman–Crippen MR) is 75.9 cm³/mol. The van der Waals surface area contributed by atoms with E-state index in [2.05, 4.69) is 0 Å². The summed E-state index contributed by atoms with van der Waals surface area (Å²) in [5.74, 6) is -0.549. The Labute approximate surface area is 113 Å². The molecule has 0 saturated heterocycles. The highest BCUT2D eigenvalue weighted by molar-refractivity contribution is 5.98. The molecule has 2 aromatic rings. The lowest BCUT2D eigenvalue weighted by molar-refractivity contribution is 0.00676. The molecule has 0 radical (unpaired) electrons. The van der Waals surface area contributed by atoms with E-state index in [1.54, 1.807) is 26.0 Å². The van der Waals surface area contributed by atoms with E-state index >= 15 is 0 Å². The highest BCUT2D eigenvalue weighted by Crippen LogP contribution is 2.31. The van der Waals surface area contributed by atoms with Gasteiger partial charge in [-0.3, -0.25) is 4.79 Å². The second-order valence-electron chi connectivity index (χ2n) is 4.97. The van der Waals surface area contributed by atoms with Crippen LogP contribution in [0.1, 0.15) is 29.8 Å². The van der Waals surface area contributed by atoms with Crippen LogP contribution in [0.2, 0.25) is 0 Å². The number of benzene rings is 2. The SMILES string of the molecule is C[C@@H](C(=O)c1ccccc1)[C@](C)(O)c1ccccc1. The van der Waals surface area contributed by atoms with Gasteiger partial charge < -0.3 is 5.11 Å². The number of Topliss-reactive ketones (excluding diaryl/α,β-unsaturated/α-hetero) is 1. The summed E-state index contributed by atoms with van der Waals surface area (Å²) in [6, 6.07) is 18.4. The molecule has 0 heterocycles. The number of carbonyl (C=O) groups excluding carboxylic acids is 1. The van der Waals surface area contributed by atoms with Crippen LogP contribution in [0.25, 0.3) is 0 Å². The molecule has 0 fully saturated rings. The van der Waals surface area contributed by atoms with E-state index in [0.29, 0.717) is 5.56 Å². The Kier molecular flexibility index (Phi) is 3.82. The molecule has 2 atom stereocenters. The van der Waals surface area contributed by atoms with Crippen LogP contribution in [-0.2, 0) is 5.60 Å². The average molecular weight is 254 g/mol. The van der Waals surface area contributed by atoms with Crippen LogP contribution in [0, 0.1) is 5.92 Å². The maximum Gasteiger partial charge on any atom is 0.168 e. The predicted octanol–water partition coefficient (Wildman–Crippen LogP) is 3.41. The van der Waals surface area contributed by atoms with Crippen LogP contribution >= 0.6 is 0 Å². The van der Waals surface area contributed by atoms with Gasteiger partial charge in [0.25, 0.3) is 0 Å². The number of carbonyl (C=O) groups is 1. The van der Waals surface area contributed by atoms with E-state index in [0.717, 1.165) is 5.56 Å². The van der Waals surface area contributed by atoms with E-state index in [1.165, 1.54) is 0 Å². The molecule has 1 N–H and O–H groups in total. The van der Waals surface area contributed by atoms with Gasteiger partial charge in [0.15, 0.2) is 5.78 Å². The fourth-order valence-corrected chi connectivity index (χ4v) is 2.13. The first kappa shape index (κ1) is 13.5. The summed E-state index contributed by atoms with van der Waals surface area (Å²) < 4.78 is 0. The molecular formula is C17H18O2. The molecular weight excluding hydrogens is 236 g/mol. The summed E-state index contributed by atoms with van der Waals surface area (Å²) in [6.07, 6.45) is 0. The Morgan fingerprint density at radius 1 is 1.00 bits per heavy atom. The molecule has 2 nitrogen and oxygen atoms in total. The van der Waals surface area contributed by atoms with E-state index in [9.17, 15) is 9.90 Å². The zero-order valence-corrected chi connectivity index (χ0v) is 11.2. The van der Waals surface area contributed by atoms with Crippen LogP contribution in [0.4, 0.5) is 0 Å². The molecule has 2 aromatic carbocycles. The Morgan fingerprint density at radius 3 is 2.00 bits per heavy atom. The zero-order chi connectivity index (χ0) is 13.9. The second-order valence-corrected chi connectivity index (χ2v) is 4.97. The standard InChI is InChI=1S/C17H18O2/c1-13(16(18)14-9-5-3-6-10-14)17(2,19)15-11-7-4-8-12-15/h3-13,19H,1-2H3/t13-,17-/m0/s1. The maximum absolute atomic E-state index is 12.4. The Balaban J connectivity index is 2.29. The molecule has 98 valence electrons.